The summed E-state index contributed by atoms with van der Waals surface area (Å²) in [5.41, 5.74) is 5.69. The van der Waals surface area contributed by atoms with Crippen molar-refractivity contribution in [3.63, 3.8) is 0 Å². The van der Waals surface area contributed by atoms with Crippen LogP contribution < -0.4 is 21.9 Å². The standard InChI is InChI=1S/C23H25FN4O3/c1-2-3-13-27-21(25)20(22(30)26-23(27)31)28(15-16-9-5-4-6-10-16)19(29)14-17-11-7-8-12-18(17)24/h4-12H,2-3,13-15,25H2,1H3,(H,26,30,31). The number of nitrogen functional groups attached to an aromatic ring is 1. The van der Waals surface area contributed by atoms with Crippen molar-refractivity contribution in [2.75, 3.05) is 10.6 Å². The van der Waals surface area contributed by atoms with Crippen LogP contribution in [-0.2, 0) is 24.3 Å². The first-order chi connectivity index (χ1) is 14.9. The van der Waals surface area contributed by atoms with E-state index < -0.39 is 23.0 Å². The Bertz CT molecular complexity index is 1170. The predicted molar refractivity (Wildman–Crippen MR) is 118 cm³/mol. The van der Waals surface area contributed by atoms with Crippen molar-refractivity contribution in [2.24, 2.45) is 0 Å². The summed E-state index contributed by atoms with van der Waals surface area (Å²) >= 11 is 0. The van der Waals surface area contributed by atoms with E-state index in [1.165, 1.54) is 27.7 Å². The second kappa shape index (κ2) is 9.88. The molecule has 0 aliphatic heterocycles. The molecule has 2 aromatic carbocycles. The van der Waals surface area contributed by atoms with Gasteiger partial charge in [-0.25, -0.2) is 9.18 Å². The van der Waals surface area contributed by atoms with Crippen LogP contribution in [0.1, 0.15) is 30.9 Å². The smallest absolute Gasteiger partial charge is 0.330 e. The van der Waals surface area contributed by atoms with Crippen molar-refractivity contribution in [3.05, 3.63) is 92.4 Å². The third-order valence-corrected chi connectivity index (χ3v) is 5.00. The lowest BCUT2D eigenvalue weighted by Gasteiger charge is -2.25. The average molecular weight is 424 g/mol. The van der Waals surface area contributed by atoms with Gasteiger partial charge in [0.15, 0.2) is 5.69 Å². The van der Waals surface area contributed by atoms with Crippen molar-refractivity contribution in [1.29, 1.82) is 0 Å². The van der Waals surface area contributed by atoms with E-state index >= 15 is 0 Å². The zero-order valence-corrected chi connectivity index (χ0v) is 17.3. The number of hydrogen-bond donors (Lipinski definition) is 2. The summed E-state index contributed by atoms with van der Waals surface area (Å²) in [4.78, 5) is 41.7. The normalized spacial score (nSPS) is 10.8. The van der Waals surface area contributed by atoms with Crippen molar-refractivity contribution in [3.8, 4) is 0 Å². The number of carbonyl (C=O) groups is 1. The molecule has 8 heteroatoms. The number of halogens is 1. The van der Waals surface area contributed by atoms with Gasteiger partial charge in [-0.15, -0.1) is 0 Å². The van der Waals surface area contributed by atoms with Crippen LogP contribution in [-0.4, -0.2) is 15.5 Å². The highest BCUT2D eigenvalue weighted by atomic mass is 19.1. The predicted octanol–water partition coefficient (Wildman–Crippen LogP) is 2.83. The van der Waals surface area contributed by atoms with Crippen molar-refractivity contribution in [2.45, 2.75) is 39.3 Å². The maximum absolute atomic E-state index is 14.1. The van der Waals surface area contributed by atoms with Crippen LogP contribution in [0.3, 0.4) is 0 Å². The number of nitrogens with two attached hydrogens (primary N) is 1. The van der Waals surface area contributed by atoms with E-state index in [-0.39, 0.29) is 30.0 Å². The fourth-order valence-electron chi connectivity index (χ4n) is 3.33. The van der Waals surface area contributed by atoms with Gasteiger partial charge >= 0.3 is 5.69 Å². The summed E-state index contributed by atoms with van der Waals surface area (Å²) in [6.07, 6.45) is 1.24. The van der Waals surface area contributed by atoms with E-state index in [4.69, 9.17) is 5.73 Å². The third kappa shape index (κ3) is 5.09. The Morgan fingerprint density at radius 3 is 2.45 bits per heavy atom. The number of amides is 1. The van der Waals surface area contributed by atoms with Gasteiger partial charge in [0.05, 0.1) is 13.0 Å². The molecule has 31 heavy (non-hydrogen) atoms. The molecule has 0 spiro atoms. The molecule has 0 bridgehead atoms. The molecule has 0 aliphatic rings. The number of carbonyl (C=O) groups excluding carboxylic acids is 1. The number of rotatable bonds is 8. The van der Waals surface area contributed by atoms with Gasteiger partial charge in [-0.05, 0) is 23.6 Å². The number of aromatic amines is 1. The molecule has 3 aromatic rings. The fraction of sp³-hybridized carbons (Fsp3) is 0.261. The molecule has 0 atom stereocenters. The van der Waals surface area contributed by atoms with Gasteiger partial charge in [0.1, 0.15) is 11.6 Å². The number of H-pyrrole nitrogens is 1. The van der Waals surface area contributed by atoms with Gasteiger partial charge < -0.3 is 5.73 Å². The molecule has 1 aromatic heterocycles. The Kier molecular flexibility index (Phi) is 7.02. The Morgan fingerprint density at radius 2 is 1.77 bits per heavy atom. The molecule has 0 unspecified atom stereocenters. The highest BCUT2D eigenvalue weighted by molar-refractivity contribution is 5.96. The molecular weight excluding hydrogens is 399 g/mol. The lowest BCUT2D eigenvalue weighted by atomic mass is 10.1. The minimum atomic E-state index is -0.756. The minimum absolute atomic E-state index is 0.0490. The molecule has 0 saturated carbocycles. The van der Waals surface area contributed by atoms with Crippen LogP contribution in [0.2, 0.25) is 0 Å². The number of anilines is 2. The molecular formula is C23H25FN4O3. The lowest BCUT2D eigenvalue weighted by molar-refractivity contribution is -0.118. The van der Waals surface area contributed by atoms with Crippen LogP contribution in [0.25, 0.3) is 0 Å². The summed E-state index contributed by atoms with van der Waals surface area (Å²) in [7, 11) is 0. The Balaban J connectivity index is 2.08. The summed E-state index contributed by atoms with van der Waals surface area (Å²) in [6, 6.07) is 15.0. The highest BCUT2D eigenvalue weighted by Crippen LogP contribution is 2.22. The SMILES string of the molecule is CCCCn1c(N)c(N(Cc2ccccc2)C(=O)Cc2ccccc2F)c(=O)[nH]c1=O. The zero-order valence-electron chi connectivity index (χ0n) is 17.3. The molecule has 0 aliphatic carbocycles. The Morgan fingerprint density at radius 1 is 1.10 bits per heavy atom. The van der Waals surface area contributed by atoms with Crippen molar-refractivity contribution >= 4 is 17.4 Å². The van der Waals surface area contributed by atoms with Gasteiger partial charge in [0.25, 0.3) is 5.56 Å². The molecule has 0 radical (unpaired) electrons. The van der Waals surface area contributed by atoms with Crippen LogP contribution in [0.4, 0.5) is 15.9 Å². The first-order valence-corrected chi connectivity index (χ1v) is 10.1. The maximum Gasteiger partial charge on any atom is 0.330 e. The number of aromatic nitrogens is 2. The summed E-state index contributed by atoms with van der Waals surface area (Å²) in [5, 5.41) is 0. The first kappa shape index (κ1) is 22.0. The second-order valence-electron chi connectivity index (χ2n) is 7.23. The lowest BCUT2D eigenvalue weighted by Crippen LogP contribution is -2.41. The van der Waals surface area contributed by atoms with Crippen LogP contribution >= 0.6 is 0 Å². The Labute approximate surface area is 178 Å². The zero-order chi connectivity index (χ0) is 22.4. The van der Waals surface area contributed by atoms with Crippen molar-refractivity contribution < 1.29 is 9.18 Å². The van der Waals surface area contributed by atoms with E-state index in [1.54, 1.807) is 18.2 Å². The second-order valence-corrected chi connectivity index (χ2v) is 7.23. The van der Waals surface area contributed by atoms with Crippen LogP contribution in [0.15, 0.2) is 64.2 Å². The molecule has 1 amide bonds. The van der Waals surface area contributed by atoms with E-state index in [1.807, 2.05) is 25.1 Å². The maximum atomic E-state index is 14.1. The number of hydrogen-bond acceptors (Lipinski definition) is 4. The molecule has 1 heterocycles. The molecule has 7 nitrogen and oxygen atoms in total. The van der Waals surface area contributed by atoms with E-state index in [0.717, 1.165) is 12.0 Å². The van der Waals surface area contributed by atoms with E-state index in [9.17, 15) is 18.8 Å². The summed E-state index contributed by atoms with van der Waals surface area (Å²) < 4.78 is 15.4. The fourth-order valence-corrected chi connectivity index (χ4v) is 3.33. The molecule has 162 valence electrons. The van der Waals surface area contributed by atoms with Crippen LogP contribution in [0, 0.1) is 5.82 Å². The minimum Gasteiger partial charge on any atom is -0.383 e. The first-order valence-electron chi connectivity index (χ1n) is 10.1. The number of benzene rings is 2. The van der Waals surface area contributed by atoms with Gasteiger partial charge in [0, 0.05) is 6.54 Å². The highest BCUT2D eigenvalue weighted by Gasteiger charge is 2.25. The van der Waals surface area contributed by atoms with Gasteiger partial charge in [0.2, 0.25) is 5.91 Å². The van der Waals surface area contributed by atoms with Gasteiger partial charge in [-0.1, -0.05) is 61.9 Å². The molecule has 3 N–H and O–H groups in total. The van der Waals surface area contributed by atoms with Gasteiger partial charge in [-0.3, -0.25) is 24.0 Å². The van der Waals surface area contributed by atoms with E-state index in [0.29, 0.717) is 13.0 Å². The Hall–Kier alpha value is -3.68. The topological polar surface area (TPSA) is 101 Å². The molecule has 0 saturated heterocycles. The van der Waals surface area contributed by atoms with Crippen molar-refractivity contribution in [1.82, 2.24) is 9.55 Å². The van der Waals surface area contributed by atoms with Crippen LogP contribution in [0.5, 0.6) is 0 Å². The average Bonchev–Trinajstić information content (AvgIpc) is 2.75. The quantitative estimate of drug-likeness (QED) is 0.581. The molecule has 3 rings (SSSR count). The summed E-state index contributed by atoms with van der Waals surface area (Å²) in [6.45, 7) is 2.33. The third-order valence-electron chi connectivity index (χ3n) is 5.00. The number of unbranched alkanes of at least 4 members (excludes halogenated alkanes) is 1. The molecule has 0 fully saturated rings. The van der Waals surface area contributed by atoms with E-state index in [2.05, 4.69) is 4.98 Å². The monoisotopic (exact) mass is 424 g/mol. The number of nitrogens with one attached hydrogen (secondary N) is 1. The number of nitrogens with zero attached hydrogens (tertiary/aromatic N) is 2. The summed E-state index contributed by atoms with van der Waals surface area (Å²) in [5.74, 6) is -1.10. The largest absolute Gasteiger partial charge is 0.383 e. The van der Waals surface area contributed by atoms with Gasteiger partial charge in [-0.2, -0.15) is 0 Å².